The molecule has 1 amide bonds. The molecule has 0 atom stereocenters. The molecule has 0 aliphatic carbocycles. The van der Waals surface area contributed by atoms with Crippen LogP contribution >= 0.6 is 0 Å². The van der Waals surface area contributed by atoms with Gasteiger partial charge in [-0.1, -0.05) is 24.3 Å². The molecule has 3 aromatic rings. The molecule has 0 radical (unpaired) electrons. The summed E-state index contributed by atoms with van der Waals surface area (Å²) >= 11 is 0. The van der Waals surface area contributed by atoms with Crippen LogP contribution in [0.4, 0.5) is 5.82 Å². The number of fused-ring (bicyclic) bond motifs is 1. The molecule has 1 aliphatic heterocycles. The van der Waals surface area contributed by atoms with Crippen LogP contribution in [0.1, 0.15) is 11.3 Å². The van der Waals surface area contributed by atoms with Gasteiger partial charge in [-0.05, 0) is 30.5 Å². The van der Waals surface area contributed by atoms with Gasteiger partial charge in [0.1, 0.15) is 12.4 Å². The first kappa shape index (κ1) is 17.5. The van der Waals surface area contributed by atoms with Crippen molar-refractivity contribution in [1.29, 1.82) is 0 Å². The molecule has 1 aromatic carbocycles. The maximum absolute atomic E-state index is 12.6. The van der Waals surface area contributed by atoms with Gasteiger partial charge in [-0.2, -0.15) is 0 Å². The number of rotatable bonds is 5. The summed E-state index contributed by atoms with van der Waals surface area (Å²) in [5.74, 6) is 0.930. The number of aryl methyl sites for hydroxylation is 1. The quantitative estimate of drug-likeness (QED) is 0.756. The number of para-hydroxylation sites is 1. The maximum Gasteiger partial charge on any atom is 0.240 e. The lowest BCUT2D eigenvalue weighted by Crippen LogP contribution is -2.38. The molecule has 2 aromatic heterocycles. The zero-order chi connectivity index (χ0) is 18.6. The number of benzene rings is 1. The van der Waals surface area contributed by atoms with Gasteiger partial charge in [0.05, 0.1) is 13.2 Å². The molecule has 6 nitrogen and oxygen atoms in total. The number of hydrogen-bond donors (Lipinski definition) is 1. The van der Waals surface area contributed by atoms with Crippen LogP contribution in [0.2, 0.25) is 0 Å². The van der Waals surface area contributed by atoms with Gasteiger partial charge in [0.25, 0.3) is 0 Å². The number of aromatic nitrogens is 2. The van der Waals surface area contributed by atoms with Gasteiger partial charge in [-0.25, -0.2) is 4.98 Å². The van der Waals surface area contributed by atoms with Crippen molar-refractivity contribution in [2.45, 2.75) is 20.0 Å². The summed E-state index contributed by atoms with van der Waals surface area (Å²) in [4.78, 5) is 19.3. The van der Waals surface area contributed by atoms with Crippen LogP contribution in [-0.2, 0) is 22.6 Å². The van der Waals surface area contributed by atoms with Crippen molar-refractivity contribution >= 4 is 22.6 Å². The standard InChI is InChI=1S/C21H24N4O2/c1-16-13-17-5-2-3-7-19(17)25(16)15-20(26)23-14-18-6-4-8-22-21(18)24-9-11-27-12-10-24/h2-8,13H,9-12,14-15H2,1H3,(H,23,26). The zero-order valence-corrected chi connectivity index (χ0v) is 15.5. The lowest BCUT2D eigenvalue weighted by Gasteiger charge is -2.29. The van der Waals surface area contributed by atoms with E-state index in [-0.39, 0.29) is 5.91 Å². The molecule has 0 spiro atoms. The van der Waals surface area contributed by atoms with Gasteiger partial charge in [0.15, 0.2) is 0 Å². The molecule has 6 heteroatoms. The van der Waals surface area contributed by atoms with Gasteiger partial charge in [-0.15, -0.1) is 0 Å². The zero-order valence-electron chi connectivity index (χ0n) is 15.5. The predicted octanol–water partition coefficient (Wildman–Crippen LogP) is 2.50. The molecule has 140 valence electrons. The lowest BCUT2D eigenvalue weighted by molar-refractivity contribution is -0.121. The maximum atomic E-state index is 12.6. The molecule has 0 saturated carbocycles. The Hall–Kier alpha value is -2.86. The summed E-state index contributed by atoms with van der Waals surface area (Å²) in [6.07, 6.45) is 1.80. The monoisotopic (exact) mass is 364 g/mol. The highest BCUT2D eigenvalue weighted by Crippen LogP contribution is 2.20. The van der Waals surface area contributed by atoms with Gasteiger partial charge < -0.3 is 19.5 Å². The number of ether oxygens (including phenoxy) is 1. The topological polar surface area (TPSA) is 59.4 Å². The minimum absolute atomic E-state index is 0.00349. The van der Waals surface area contributed by atoms with Crippen molar-refractivity contribution in [2.75, 3.05) is 31.2 Å². The normalized spacial score (nSPS) is 14.5. The molecule has 4 rings (SSSR count). The molecule has 27 heavy (non-hydrogen) atoms. The van der Waals surface area contributed by atoms with E-state index in [4.69, 9.17) is 4.74 Å². The van der Waals surface area contributed by atoms with E-state index in [9.17, 15) is 4.79 Å². The van der Waals surface area contributed by atoms with E-state index in [2.05, 4.69) is 31.9 Å². The SMILES string of the molecule is Cc1cc2ccccc2n1CC(=O)NCc1cccnc1N1CCOCC1. The van der Waals surface area contributed by atoms with Crippen LogP contribution in [0.15, 0.2) is 48.7 Å². The molecule has 1 fully saturated rings. The van der Waals surface area contributed by atoms with Crippen LogP contribution in [0.5, 0.6) is 0 Å². The Balaban J connectivity index is 1.44. The summed E-state index contributed by atoms with van der Waals surface area (Å²) in [6.45, 7) is 5.89. The second-order valence-electron chi connectivity index (χ2n) is 6.79. The third-order valence-electron chi connectivity index (χ3n) is 4.97. The summed E-state index contributed by atoms with van der Waals surface area (Å²) in [6, 6.07) is 14.2. The first-order valence-corrected chi connectivity index (χ1v) is 9.30. The fraction of sp³-hybridized carbons (Fsp3) is 0.333. The van der Waals surface area contributed by atoms with E-state index in [0.29, 0.717) is 26.3 Å². The number of carbonyl (C=O) groups is 1. The summed E-state index contributed by atoms with van der Waals surface area (Å²) in [7, 11) is 0. The van der Waals surface area contributed by atoms with Crippen molar-refractivity contribution in [3.63, 3.8) is 0 Å². The van der Waals surface area contributed by atoms with Gasteiger partial charge in [-0.3, -0.25) is 4.79 Å². The van der Waals surface area contributed by atoms with Crippen molar-refractivity contribution < 1.29 is 9.53 Å². The van der Waals surface area contributed by atoms with Crippen LogP contribution in [0.3, 0.4) is 0 Å². The van der Waals surface area contributed by atoms with E-state index < -0.39 is 0 Å². The van der Waals surface area contributed by atoms with Crippen LogP contribution in [0, 0.1) is 6.92 Å². The fourth-order valence-electron chi connectivity index (χ4n) is 3.58. The van der Waals surface area contributed by atoms with Crippen LogP contribution in [0.25, 0.3) is 10.9 Å². The average Bonchev–Trinajstić information content (AvgIpc) is 3.02. The van der Waals surface area contributed by atoms with E-state index in [1.54, 1.807) is 6.20 Å². The molecule has 1 aliphatic rings. The molecule has 3 heterocycles. The van der Waals surface area contributed by atoms with Crippen molar-refractivity contribution in [2.24, 2.45) is 0 Å². The number of morpholine rings is 1. The number of nitrogens with zero attached hydrogens (tertiary/aromatic N) is 3. The molecule has 1 saturated heterocycles. The van der Waals surface area contributed by atoms with Gasteiger partial charge >= 0.3 is 0 Å². The Labute approximate surface area is 158 Å². The minimum Gasteiger partial charge on any atom is -0.378 e. The summed E-state index contributed by atoms with van der Waals surface area (Å²) in [5.41, 5.74) is 3.20. The largest absolute Gasteiger partial charge is 0.378 e. The van der Waals surface area contributed by atoms with Crippen LogP contribution < -0.4 is 10.2 Å². The molecule has 0 unspecified atom stereocenters. The molecule has 1 N–H and O–H groups in total. The van der Waals surface area contributed by atoms with Crippen molar-refractivity contribution in [3.05, 3.63) is 59.9 Å². The number of nitrogens with one attached hydrogen (secondary N) is 1. The fourth-order valence-corrected chi connectivity index (χ4v) is 3.58. The van der Waals surface area contributed by atoms with Gasteiger partial charge in [0, 0.05) is 42.6 Å². The van der Waals surface area contributed by atoms with E-state index in [1.165, 1.54) is 0 Å². The lowest BCUT2D eigenvalue weighted by atomic mass is 10.2. The predicted molar refractivity (Wildman–Crippen MR) is 106 cm³/mol. The van der Waals surface area contributed by atoms with Crippen molar-refractivity contribution in [3.8, 4) is 0 Å². The highest BCUT2D eigenvalue weighted by molar-refractivity contribution is 5.84. The van der Waals surface area contributed by atoms with Crippen molar-refractivity contribution in [1.82, 2.24) is 14.9 Å². The van der Waals surface area contributed by atoms with E-state index in [0.717, 1.165) is 41.1 Å². The first-order chi connectivity index (χ1) is 13.2. The number of anilines is 1. The van der Waals surface area contributed by atoms with Crippen LogP contribution in [-0.4, -0.2) is 41.8 Å². The molecule has 0 bridgehead atoms. The second kappa shape index (κ2) is 7.80. The first-order valence-electron chi connectivity index (χ1n) is 9.30. The smallest absolute Gasteiger partial charge is 0.240 e. The van der Waals surface area contributed by atoms with Gasteiger partial charge in [0.2, 0.25) is 5.91 Å². The summed E-state index contributed by atoms with van der Waals surface area (Å²) < 4.78 is 7.47. The number of carbonyl (C=O) groups excluding carboxylic acids is 1. The number of pyridine rings is 1. The molecular weight excluding hydrogens is 340 g/mol. The summed E-state index contributed by atoms with van der Waals surface area (Å²) in [5, 5.41) is 4.21. The highest BCUT2D eigenvalue weighted by Gasteiger charge is 2.16. The minimum atomic E-state index is -0.00349. The third kappa shape index (κ3) is 3.80. The Morgan fingerprint density at radius 2 is 2.00 bits per heavy atom. The molecular formula is C21H24N4O2. The number of amides is 1. The second-order valence-corrected chi connectivity index (χ2v) is 6.79. The third-order valence-corrected chi connectivity index (χ3v) is 4.97. The van der Waals surface area contributed by atoms with E-state index in [1.807, 2.05) is 37.3 Å². The van der Waals surface area contributed by atoms with E-state index >= 15 is 0 Å². The average molecular weight is 364 g/mol. The Kier molecular flexibility index (Phi) is 5.07. The Morgan fingerprint density at radius 1 is 1.19 bits per heavy atom. The Bertz CT molecular complexity index is 944. The number of hydrogen-bond acceptors (Lipinski definition) is 4. The Morgan fingerprint density at radius 3 is 2.85 bits per heavy atom. The highest BCUT2D eigenvalue weighted by atomic mass is 16.5.